The Labute approximate surface area is 125 Å². The first-order valence-electron chi connectivity index (χ1n) is 6.65. The smallest absolute Gasteiger partial charge is 0.257 e. The van der Waals surface area contributed by atoms with Gasteiger partial charge in [0, 0.05) is 42.0 Å². The molecule has 6 heteroatoms. The molecule has 0 aliphatic heterocycles. The summed E-state index contributed by atoms with van der Waals surface area (Å²) in [6.07, 6.45) is 3.00. The first-order chi connectivity index (χ1) is 10.6. The number of nitrogens with one attached hydrogen (secondary N) is 2. The number of rotatable bonds is 2. The van der Waals surface area contributed by atoms with Gasteiger partial charge in [-0.1, -0.05) is 6.07 Å². The summed E-state index contributed by atoms with van der Waals surface area (Å²) in [5.41, 5.74) is 0.510. The van der Waals surface area contributed by atoms with Gasteiger partial charge in [0.25, 0.3) is 11.5 Å². The molecule has 0 saturated heterocycles. The maximum Gasteiger partial charge on any atom is 0.257 e. The van der Waals surface area contributed by atoms with Crippen molar-refractivity contribution in [2.24, 2.45) is 7.05 Å². The van der Waals surface area contributed by atoms with Gasteiger partial charge in [0.1, 0.15) is 0 Å². The summed E-state index contributed by atoms with van der Waals surface area (Å²) < 4.78 is 1.34. The SMILES string of the molecule is Cn1cc(C(=O)Nc2cccc3c(=O)[nH]ccc23)ccc1=O. The number of nitrogens with zero attached hydrogens (tertiary/aromatic N) is 1. The van der Waals surface area contributed by atoms with E-state index in [1.54, 1.807) is 31.3 Å². The van der Waals surface area contributed by atoms with Gasteiger partial charge in [0.05, 0.1) is 5.56 Å². The summed E-state index contributed by atoms with van der Waals surface area (Å²) in [5, 5.41) is 3.93. The van der Waals surface area contributed by atoms with Crippen LogP contribution in [0.5, 0.6) is 0 Å². The third-order valence-corrected chi connectivity index (χ3v) is 3.41. The Morgan fingerprint density at radius 3 is 2.68 bits per heavy atom. The number of pyridine rings is 2. The number of hydrogen-bond donors (Lipinski definition) is 2. The van der Waals surface area contributed by atoms with Crippen molar-refractivity contribution in [3.05, 3.63) is 75.1 Å². The number of hydrogen-bond acceptors (Lipinski definition) is 3. The molecule has 3 rings (SSSR count). The second-order valence-electron chi connectivity index (χ2n) is 4.89. The number of aromatic nitrogens is 2. The number of fused-ring (bicyclic) bond motifs is 1. The number of carbonyl (C=O) groups is 1. The van der Waals surface area contributed by atoms with Crippen LogP contribution in [0.4, 0.5) is 5.69 Å². The predicted octanol–water partition coefficient (Wildman–Crippen LogP) is 1.48. The number of amides is 1. The number of aromatic amines is 1. The molecular formula is C16H13N3O3. The fraction of sp³-hybridized carbons (Fsp3) is 0.0625. The van der Waals surface area contributed by atoms with E-state index in [1.807, 2.05) is 0 Å². The van der Waals surface area contributed by atoms with E-state index < -0.39 is 0 Å². The van der Waals surface area contributed by atoms with Gasteiger partial charge >= 0.3 is 0 Å². The fourth-order valence-electron chi connectivity index (χ4n) is 2.25. The molecule has 2 heterocycles. The zero-order chi connectivity index (χ0) is 15.7. The molecule has 0 atom stereocenters. The molecule has 110 valence electrons. The largest absolute Gasteiger partial charge is 0.329 e. The molecule has 0 bridgehead atoms. The molecule has 1 amide bonds. The Morgan fingerprint density at radius 2 is 1.91 bits per heavy atom. The van der Waals surface area contributed by atoms with Gasteiger partial charge in [0.15, 0.2) is 0 Å². The number of H-pyrrole nitrogens is 1. The first-order valence-corrected chi connectivity index (χ1v) is 6.65. The molecule has 2 N–H and O–H groups in total. The minimum absolute atomic E-state index is 0.187. The third kappa shape index (κ3) is 2.42. The van der Waals surface area contributed by atoms with Gasteiger partial charge in [0.2, 0.25) is 5.56 Å². The van der Waals surface area contributed by atoms with Crippen molar-refractivity contribution >= 4 is 22.4 Å². The van der Waals surface area contributed by atoms with Crippen LogP contribution in [0.3, 0.4) is 0 Å². The van der Waals surface area contributed by atoms with E-state index in [-0.39, 0.29) is 17.0 Å². The van der Waals surface area contributed by atoms with Crippen LogP contribution in [0.1, 0.15) is 10.4 Å². The van der Waals surface area contributed by atoms with Gasteiger partial charge in [-0.25, -0.2) is 0 Å². The average Bonchev–Trinajstić information content (AvgIpc) is 2.51. The van der Waals surface area contributed by atoms with Crippen LogP contribution in [0.2, 0.25) is 0 Å². The van der Waals surface area contributed by atoms with Crippen LogP contribution in [-0.4, -0.2) is 15.5 Å². The van der Waals surface area contributed by atoms with Gasteiger partial charge in [-0.2, -0.15) is 0 Å². The summed E-state index contributed by atoms with van der Waals surface area (Å²) in [6.45, 7) is 0. The second kappa shape index (κ2) is 5.33. The van der Waals surface area contributed by atoms with Crippen molar-refractivity contribution in [1.29, 1.82) is 0 Å². The van der Waals surface area contributed by atoms with E-state index in [4.69, 9.17) is 0 Å². The quantitative estimate of drug-likeness (QED) is 0.751. The molecule has 1 aromatic carbocycles. The molecule has 0 aliphatic carbocycles. The van der Waals surface area contributed by atoms with Crippen molar-refractivity contribution in [3.8, 4) is 0 Å². The molecule has 22 heavy (non-hydrogen) atoms. The highest BCUT2D eigenvalue weighted by molar-refractivity contribution is 6.08. The predicted molar refractivity (Wildman–Crippen MR) is 84.2 cm³/mol. The summed E-state index contributed by atoms with van der Waals surface area (Å²) in [6, 6.07) is 9.65. The molecule has 6 nitrogen and oxygen atoms in total. The van der Waals surface area contributed by atoms with Crippen molar-refractivity contribution in [1.82, 2.24) is 9.55 Å². The van der Waals surface area contributed by atoms with Crippen molar-refractivity contribution in [3.63, 3.8) is 0 Å². The molecule has 0 spiro atoms. The lowest BCUT2D eigenvalue weighted by atomic mass is 10.1. The number of benzene rings is 1. The molecule has 0 fully saturated rings. The lowest BCUT2D eigenvalue weighted by Crippen LogP contribution is -2.19. The summed E-state index contributed by atoms with van der Waals surface area (Å²) >= 11 is 0. The molecule has 0 aliphatic rings. The summed E-state index contributed by atoms with van der Waals surface area (Å²) in [5.74, 6) is -0.344. The Morgan fingerprint density at radius 1 is 1.09 bits per heavy atom. The van der Waals surface area contributed by atoms with Crippen molar-refractivity contribution < 1.29 is 4.79 Å². The topological polar surface area (TPSA) is 84.0 Å². The van der Waals surface area contributed by atoms with E-state index in [1.165, 1.54) is 29.1 Å². The minimum atomic E-state index is -0.344. The minimum Gasteiger partial charge on any atom is -0.329 e. The Balaban J connectivity index is 2.01. The highest BCUT2D eigenvalue weighted by Gasteiger charge is 2.10. The molecule has 0 unspecified atom stereocenters. The van der Waals surface area contributed by atoms with E-state index in [9.17, 15) is 14.4 Å². The van der Waals surface area contributed by atoms with E-state index in [0.29, 0.717) is 22.0 Å². The Bertz CT molecular complexity index is 986. The van der Waals surface area contributed by atoms with Gasteiger partial charge < -0.3 is 14.9 Å². The monoisotopic (exact) mass is 295 g/mol. The Hall–Kier alpha value is -3.15. The highest BCUT2D eigenvalue weighted by Crippen LogP contribution is 2.20. The normalized spacial score (nSPS) is 10.6. The zero-order valence-electron chi connectivity index (χ0n) is 11.8. The average molecular weight is 295 g/mol. The molecule has 0 saturated carbocycles. The number of carbonyl (C=O) groups excluding carboxylic acids is 1. The van der Waals surface area contributed by atoms with Crippen LogP contribution in [0, 0.1) is 0 Å². The van der Waals surface area contributed by atoms with Crippen LogP contribution in [0.15, 0.2) is 58.4 Å². The number of anilines is 1. The second-order valence-corrected chi connectivity index (χ2v) is 4.89. The van der Waals surface area contributed by atoms with Gasteiger partial charge in [-0.05, 0) is 24.3 Å². The van der Waals surface area contributed by atoms with Crippen LogP contribution in [-0.2, 0) is 7.05 Å². The lowest BCUT2D eigenvalue weighted by molar-refractivity contribution is 0.102. The van der Waals surface area contributed by atoms with E-state index in [2.05, 4.69) is 10.3 Å². The molecule has 3 aromatic rings. The van der Waals surface area contributed by atoms with E-state index >= 15 is 0 Å². The van der Waals surface area contributed by atoms with Crippen LogP contribution < -0.4 is 16.4 Å². The summed E-state index contributed by atoms with van der Waals surface area (Å²) in [4.78, 5) is 38.0. The van der Waals surface area contributed by atoms with E-state index in [0.717, 1.165) is 0 Å². The number of aryl methyl sites for hydroxylation is 1. The van der Waals surface area contributed by atoms with Crippen LogP contribution >= 0.6 is 0 Å². The highest BCUT2D eigenvalue weighted by atomic mass is 16.2. The fourth-order valence-corrected chi connectivity index (χ4v) is 2.25. The molecule has 0 radical (unpaired) electrons. The van der Waals surface area contributed by atoms with Gasteiger partial charge in [-0.3, -0.25) is 14.4 Å². The van der Waals surface area contributed by atoms with Crippen LogP contribution in [0.25, 0.3) is 10.8 Å². The Kier molecular flexibility index (Phi) is 3.34. The molecule has 2 aromatic heterocycles. The van der Waals surface area contributed by atoms with Gasteiger partial charge in [-0.15, -0.1) is 0 Å². The maximum absolute atomic E-state index is 12.3. The zero-order valence-corrected chi connectivity index (χ0v) is 11.8. The van der Waals surface area contributed by atoms with Crippen molar-refractivity contribution in [2.45, 2.75) is 0 Å². The summed E-state index contributed by atoms with van der Waals surface area (Å²) in [7, 11) is 1.58. The first kappa shape index (κ1) is 13.8. The van der Waals surface area contributed by atoms with Crippen molar-refractivity contribution in [2.75, 3.05) is 5.32 Å². The molecular weight excluding hydrogens is 282 g/mol. The lowest BCUT2D eigenvalue weighted by Gasteiger charge is -2.09. The third-order valence-electron chi connectivity index (χ3n) is 3.41. The standard InChI is InChI=1S/C16H13N3O3/c1-19-9-10(5-6-14(19)20)15(21)18-13-4-2-3-12-11(13)7-8-17-16(12)22/h2-9H,1H3,(H,17,22)(H,18,21). The maximum atomic E-state index is 12.3.